The summed E-state index contributed by atoms with van der Waals surface area (Å²) >= 11 is 0. The van der Waals surface area contributed by atoms with Crippen molar-refractivity contribution in [3.63, 3.8) is 0 Å². The van der Waals surface area contributed by atoms with E-state index in [1.165, 1.54) is 12.1 Å². The molecule has 3 heteroatoms. The van der Waals surface area contributed by atoms with Gasteiger partial charge < -0.3 is 5.32 Å². The van der Waals surface area contributed by atoms with Crippen LogP contribution in [0.2, 0.25) is 0 Å². The predicted molar refractivity (Wildman–Crippen MR) is 60.7 cm³/mol. The Morgan fingerprint density at radius 1 is 1.31 bits per heavy atom. The average molecular weight is 223 g/mol. The quantitative estimate of drug-likeness (QED) is 0.757. The molecule has 0 spiro atoms. The average Bonchev–Trinajstić information content (AvgIpc) is 2.23. The summed E-state index contributed by atoms with van der Waals surface area (Å²) in [5.41, 5.74) is 0.591. The Morgan fingerprint density at radius 2 is 1.94 bits per heavy atom. The van der Waals surface area contributed by atoms with Crippen LogP contribution in [0.4, 0.5) is 8.78 Å². The van der Waals surface area contributed by atoms with Gasteiger partial charge in [-0.1, -0.05) is 6.92 Å². The second-order valence-corrected chi connectivity index (χ2v) is 3.67. The number of hydrogen-bond acceptors (Lipinski definition) is 1. The Balaban J connectivity index is 2.57. The van der Waals surface area contributed by atoms with Gasteiger partial charge in [-0.25, -0.2) is 8.78 Å². The highest BCUT2D eigenvalue weighted by molar-refractivity contribution is 5.17. The van der Waals surface area contributed by atoms with E-state index in [4.69, 9.17) is 6.42 Å². The fourth-order valence-corrected chi connectivity index (χ4v) is 1.48. The molecule has 1 unspecified atom stereocenters. The van der Waals surface area contributed by atoms with E-state index in [9.17, 15) is 8.78 Å². The maximum Gasteiger partial charge on any atom is 0.126 e. The van der Waals surface area contributed by atoms with E-state index >= 15 is 0 Å². The lowest BCUT2D eigenvalue weighted by molar-refractivity contribution is 0.502. The lowest BCUT2D eigenvalue weighted by atomic mass is 10.1. The van der Waals surface area contributed by atoms with Crippen molar-refractivity contribution < 1.29 is 8.78 Å². The normalized spacial score (nSPS) is 12.1. The number of nitrogens with one attached hydrogen (secondary N) is 1. The molecule has 0 aliphatic rings. The molecule has 0 radical (unpaired) electrons. The summed E-state index contributed by atoms with van der Waals surface area (Å²) in [6, 6.07) is 3.69. The Morgan fingerprint density at radius 3 is 2.44 bits per heavy atom. The van der Waals surface area contributed by atoms with Crippen LogP contribution in [0.15, 0.2) is 18.2 Å². The minimum Gasteiger partial charge on any atom is -0.309 e. The highest BCUT2D eigenvalue weighted by atomic mass is 19.1. The van der Waals surface area contributed by atoms with Crippen molar-refractivity contribution in [3.8, 4) is 12.3 Å². The monoisotopic (exact) mass is 223 g/mol. The molecule has 0 heterocycles. The second kappa shape index (κ2) is 6.24. The maximum absolute atomic E-state index is 12.9. The zero-order chi connectivity index (χ0) is 12.0. The lowest BCUT2D eigenvalue weighted by Crippen LogP contribution is -2.27. The van der Waals surface area contributed by atoms with Gasteiger partial charge in [0.25, 0.3) is 0 Å². The highest BCUT2D eigenvalue weighted by Crippen LogP contribution is 2.08. The molecular formula is C13H15F2N. The van der Waals surface area contributed by atoms with Crippen LogP contribution in [0, 0.1) is 24.0 Å². The van der Waals surface area contributed by atoms with E-state index in [0.29, 0.717) is 18.5 Å². The van der Waals surface area contributed by atoms with Gasteiger partial charge in [0.2, 0.25) is 0 Å². The number of halogens is 2. The molecule has 0 saturated carbocycles. The van der Waals surface area contributed by atoms with Crippen molar-refractivity contribution in [2.45, 2.75) is 32.4 Å². The first-order chi connectivity index (χ1) is 7.65. The first-order valence-corrected chi connectivity index (χ1v) is 5.27. The molecular weight excluding hydrogens is 208 g/mol. The van der Waals surface area contributed by atoms with Gasteiger partial charge in [-0.2, -0.15) is 0 Å². The number of rotatable bonds is 5. The van der Waals surface area contributed by atoms with Gasteiger partial charge in [0.1, 0.15) is 11.6 Å². The Kier molecular flexibility index (Phi) is 4.94. The second-order valence-electron chi connectivity index (χ2n) is 3.67. The fourth-order valence-electron chi connectivity index (χ4n) is 1.48. The summed E-state index contributed by atoms with van der Waals surface area (Å²) in [7, 11) is 0. The molecule has 1 atom stereocenters. The van der Waals surface area contributed by atoms with E-state index in [1.807, 2.05) is 6.92 Å². The molecule has 0 fully saturated rings. The molecule has 0 aliphatic heterocycles. The van der Waals surface area contributed by atoms with Gasteiger partial charge in [0.05, 0.1) is 0 Å². The van der Waals surface area contributed by atoms with Crippen molar-refractivity contribution in [2.75, 3.05) is 0 Å². The van der Waals surface area contributed by atoms with Gasteiger partial charge in [0.15, 0.2) is 0 Å². The van der Waals surface area contributed by atoms with E-state index in [-0.39, 0.29) is 6.04 Å². The van der Waals surface area contributed by atoms with Crippen molar-refractivity contribution in [1.82, 2.24) is 5.32 Å². The van der Waals surface area contributed by atoms with Gasteiger partial charge in [-0.3, -0.25) is 0 Å². The Bertz CT molecular complexity index is 362. The van der Waals surface area contributed by atoms with Gasteiger partial charge in [-0.05, 0) is 24.1 Å². The summed E-state index contributed by atoms with van der Waals surface area (Å²) < 4.78 is 25.8. The van der Waals surface area contributed by atoms with Crippen LogP contribution in [0.3, 0.4) is 0 Å². The van der Waals surface area contributed by atoms with Gasteiger partial charge in [-0.15, -0.1) is 12.3 Å². The van der Waals surface area contributed by atoms with Crippen LogP contribution in [0.25, 0.3) is 0 Å². The topological polar surface area (TPSA) is 12.0 Å². The summed E-state index contributed by atoms with van der Waals surface area (Å²) in [6.45, 7) is 2.44. The molecule has 1 aromatic carbocycles. The third-order valence-corrected chi connectivity index (χ3v) is 2.37. The first-order valence-electron chi connectivity index (χ1n) is 5.27. The van der Waals surface area contributed by atoms with E-state index in [2.05, 4.69) is 11.2 Å². The largest absolute Gasteiger partial charge is 0.309 e. The van der Waals surface area contributed by atoms with Crippen LogP contribution in [0.5, 0.6) is 0 Å². The SMILES string of the molecule is C#CCC(CC)NCc1cc(F)cc(F)c1. The van der Waals surface area contributed by atoms with Crippen LogP contribution in [0.1, 0.15) is 25.3 Å². The maximum atomic E-state index is 12.9. The van der Waals surface area contributed by atoms with Gasteiger partial charge >= 0.3 is 0 Å². The molecule has 1 nitrogen and oxygen atoms in total. The Labute approximate surface area is 94.9 Å². The van der Waals surface area contributed by atoms with Crippen molar-refractivity contribution in [3.05, 3.63) is 35.4 Å². The van der Waals surface area contributed by atoms with Crippen molar-refractivity contribution in [1.29, 1.82) is 0 Å². The van der Waals surface area contributed by atoms with Gasteiger partial charge in [0, 0.05) is 25.1 Å². The fraction of sp³-hybridized carbons (Fsp3) is 0.385. The number of terminal acetylenes is 1. The smallest absolute Gasteiger partial charge is 0.126 e. The summed E-state index contributed by atoms with van der Waals surface area (Å²) in [6.07, 6.45) is 6.72. The summed E-state index contributed by atoms with van der Waals surface area (Å²) in [5.74, 6) is 1.46. The van der Waals surface area contributed by atoms with E-state index < -0.39 is 11.6 Å². The van der Waals surface area contributed by atoms with Crippen LogP contribution < -0.4 is 5.32 Å². The van der Waals surface area contributed by atoms with Crippen LogP contribution in [-0.4, -0.2) is 6.04 Å². The summed E-state index contributed by atoms with van der Waals surface area (Å²) in [5, 5.41) is 3.17. The van der Waals surface area contributed by atoms with Crippen LogP contribution >= 0.6 is 0 Å². The molecule has 16 heavy (non-hydrogen) atoms. The van der Waals surface area contributed by atoms with E-state index in [1.54, 1.807) is 0 Å². The van der Waals surface area contributed by atoms with Crippen LogP contribution in [-0.2, 0) is 6.54 Å². The minimum atomic E-state index is -0.554. The minimum absolute atomic E-state index is 0.191. The summed E-state index contributed by atoms with van der Waals surface area (Å²) in [4.78, 5) is 0. The molecule has 0 saturated heterocycles. The third-order valence-electron chi connectivity index (χ3n) is 2.37. The first kappa shape index (κ1) is 12.7. The standard InChI is InChI=1S/C13H15F2N/c1-3-5-13(4-2)16-9-10-6-11(14)8-12(15)7-10/h1,6-8,13,16H,4-5,9H2,2H3. The molecule has 86 valence electrons. The number of benzene rings is 1. The molecule has 0 aliphatic carbocycles. The molecule has 1 N–H and O–H groups in total. The zero-order valence-electron chi connectivity index (χ0n) is 9.26. The van der Waals surface area contributed by atoms with Crippen molar-refractivity contribution >= 4 is 0 Å². The molecule has 1 aromatic rings. The van der Waals surface area contributed by atoms with Crippen molar-refractivity contribution in [2.24, 2.45) is 0 Å². The Hall–Kier alpha value is -1.40. The molecule has 0 amide bonds. The predicted octanol–water partition coefficient (Wildman–Crippen LogP) is 2.86. The highest BCUT2D eigenvalue weighted by Gasteiger charge is 2.05. The third kappa shape index (κ3) is 4.00. The molecule has 0 aromatic heterocycles. The lowest BCUT2D eigenvalue weighted by Gasteiger charge is -2.14. The molecule has 0 bridgehead atoms. The molecule has 1 rings (SSSR count). The number of hydrogen-bond donors (Lipinski definition) is 1. The zero-order valence-corrected chi connectivity index (χ0v) is 9.26. The van der Waals surface area contributed by atoms with E-state index in [0.717, 1.165) is 12.5 Å².